The number of carbonyl (C=O) groups excluding carboxylic acids is 1. The fourth-order valence-electron chi connectivity index (χ4n) is 2.56. The summed E-state index contributed by atoms with van der Waals surface area (Å²) in [5, 5.41) is 6.33. The molecule has 1 aromatic carbocycles. The van der Waals surface area contributed by atoms with Crippen molar-refractivity contribution in [1.82, 2.24) is 5.32 Å². The molecular weight excluding hydrogens is 228 g/mol. The lowest BCUT2D eigenvalue weighted by Crippen LogP contribution is -2.40. The summed E-state index contributed by atoms with van der Waals surface area (Å²) in [5.74, 6) is 0.00185. The van der Waals surface area contributed by atoms with Crippen molar-refractivity contribution in [3.05, 3.63) is 29.3 Å². The molecule has 1 unspecified atom stereocenters. The highest BCUT2D eigenvalue weighted by molar-refractivity contribution is 5.95. The smallest absolute Gasteiger partial charge is 0.251 e. The second kappa shape index (κ2) is 4.98. The first kappa shape index (κ1) is 11.5. The molecule has 1 aromatic rings. The molecule has 2 aliphatic heterocycles. The van der Waals surface area contributed by atoms with E-state index >= 15 is 0 Å². The zero-order valence-corrected chi connectivity index (χ0v) is 10.4. The number of carbonyl (C=O) groups is 1. The number of hydrogen-bond donors (Lipinski definition) is 2. The van der Waals surface area contributed by atoms with Crippen LogP contribution in [0.2, 0.25) is 0 Å². The minimum Gasteiger partial charge on any atom is -0.384 e. The van der Waals surface area contributed by atoms with Gasteiger partial charge in [-0.15, -0.1) is 0 Å². The van der Waals surface area contributed by atoms with Crippen molar-refractivity contribution in [1.29, 1.82) is 0 Å². The Labute approximate surface area is 107 Å². The van der Waals surface area contributed by atoms with Crippen LogP contribution in [-0.4, -0.2) is 31.7 Å². The lowest BCUT2D eigenvalue weighted by molar-refractivity contribution is 0.0624. The van der Waals surface area contributed by atoms with Gasteiger partial charge in [0.25, 0.3) is 5.91 Å². The van der Waals surface area contributed by atoms with Crippen LogP contribution in [0.25, 0.3) is 0 Å². The molecule has 1 amide bonds. The molecule has 1 fully saturated rings. The maximum atomic E-state index is 12.1. The molecule has 0 radical (unpaired) electrons. The molecule has 4 heteroatoms. The van der Waals surface area contributed by atoms with Crippen LogP contribution in [0.3, 0.4) is 0 Å². The topological polar surface area (TPSA) is 50.4 Å². The third-order valence-electron chi connectivity index (χ3n) is 3.58. The molecule has 18 heavy (non-hydrogen) atoms. The van der Waals surface area contributed by atoms with Crippen molar-refractivity contribution in [3.8, 4) is 0 Å². The SMILES string of the molecule is O=C(NC1CCCOC1)c1ccc2c(c1)NCC2. The molecule has 3 rings (SSSR count). The number of rotatable bonds is 2. The summed E-state index contributed by atoms with van der Waals surface area (Å²) in [4.78, 5) is 12.1. The Morgan fingerprint density at radius 2 is 2.39 bits per heavy atom. The quantitative estimate of drug-likeness (QED) is 0.832. The van der Waals surface area contributed by atoms with Crippen LogP contribution < -0.4 is 10.6 Å². The van der Waals surface area contributed by atoms with Crippen molar-refractivity contribution in [2.24, 2.45) is 0 Å². The van der Waals surface area contributed by atoms with Crippen molar-refractivity contribution in [2.75, 3.05) is 25.1 Å². The summed E-state index contributed by atoms with van der Waals surface area (Å²) in [6.07, 6.45) is 3.08. The molecular formula is C14H18N2O2. The summed E-state index contributed by atoms with van der Waals surface area (Å²) >= 11 is 0. The highest BCUT2D eigenvalue weighted by Gasteiger charge is 2.18. The van der Waals surface area contributed by atoms with Gasteiger partial charge in [0.1, 0.15) is 0 Å². The van der Waals surface area contributed by atoms with Gasteiger partial charge in [0.15, 0.2) is 0 Å². The van der Waals surface area contributed by atoms with E-state index in [1.54, 1.807) is 0 Å². The van der Waals surface area contributed by atoms with Crippen molar-refractivity contribution < 1.29 is 9.53 Å². The van der Waals surface area contributed by atoms with Gasteiger partial charge >= 0.3 is 0 Å². The molecule has 0 aliphatic carbocycles. The van der Waals surface area contributed by atoms with Gasteiger partial charge in [0, 0.05) is 24.4 Å². The first-order valence-electron chi connectivity index (χ1n) is 6.58. The van der Waals surface area contributed by atoms with Crippen LogP contribution in [0, 0.1) is 0 Å². The van der Waals surface area contributed by atoms with E-state index in [-0.39, 0.29) is 11.9 Å². The van der Waals surface area contributed by atoms with Crippen molar-refractivity contribution in [2.45, 2.75) is 25.3 Å². The third kappa shape index (κ3) is 2.34. The zero-order chi connectivity index (χ0) is 12.4. The van der Waals surface area contributed by atoms with E-state index in [2.05, 4.69) is 10.6 Å². The summed E-state index contributed by atoms with van der Waals surface area (Å²) in [5.41, 5.74) is 3.13. The molecule has 1 saturated heterocycles. The normalized spacial score (nSPS) is 22.1. The second-order valence-electron chi connectivity index (χ2n) is 4.94. The first-order chi connectivity index (χ1) is 8.83. The highest BCUT2D eigenvalue weighted by Crippen LogP contribution is 2.23. The van der Waals surface area contributed by atoms with E-state index in [1.165, 1.54) is 5.56 Å². The highest BCUT2D eigenvalue weighted by atomic mass is 16.5. The van der Waals surface area contributed by atoms with E-state index < -0.39 is 0 Å². The zero-order valence-electron chi connectivity index (χ0n) is 10.4. The minimum absolute atomic E-state index is 0.00185. The number of amides is 1. The minimum atomic E-state index is 0.00185. The predicted octanol–water partition coefficient (Wildman–Crippen LogP) is 1.56. The third-order valence-corrected chi connectivity index (χ3v) is 3.58. The van der Waals surface area contributed by atoms with Crippen molar-refractivity contribution in [3.63, 3.8) is 0 Å². The maximum absolute atomic E-state index is 12.1. The Bertz CT molecular complexity index is 453. The van der Waals surface area contributed by atoms with Gasteiger partial charge in [-0.1, -0.05) is 6.07 Å². The largest absolute Gasteiger partial charge is 0.384 e. The van der Waals surface area contributed by atoms with Gasteiger partial charge in [-0.05, 0) is 37.0 Å². The molecule has 0 aromatic heterocycles. The van der Waals surface area contributed by atoms with Crippen LogP contribution >= 0.6 is 0 Å². The van der Waals surface area contributed by atoms with Gasteiger partial charge in [0.2, 0.25) is 0 Å². The second-order valence-corrected chi connectivity index (χ2v) is 4.94. The average Bonchev–Trinajstić information content (AvgIpc) is 2.87. The Hall–Kier alpha value is -1.55. The summed E-state index contributed by atoms with van der Waals surface area (Å²) < 4.78 is 5.37. The van der Waals surface area contributed by atoms with Gasteiger partial charge in [0.05, 0.1) is 12.6 Å². The Morgan fingerprint density at radius 1 is 1.44 bits per heavy atom. The van der Waals surface area contributed by atoms with Gasteiger partial charge in [-0.2, -0.15) is 0 Å². The summed E-state index contributed by atoms with van der Waals surface area (Å²) in [7, 11) is 0. The number of hydrogen-bond acceptors (Lipinski definition) is 3. The van der Waals surface area contributed by atoms with E-state index in [4.69, 9.17) is 4.74 Å². The monoisotopic (exact) mass is 246 g/mol. The molecule has 0 saturated carbocycles. The van der Waals surface area contributed by atoms with Gasteiger partial charge in [-0.3, -0.25) is 4.79 Å². The molecule has 2 N–H and O–H groups in total. The Kier molecular flexibility index (Phi) is 3.19. The fourth-order valence-corrected chi connectivity index (χ4v) is 2.56. The predicted molar refractivity (Wildman–Crippen MR) is 69.9 cm³/mol. The summed E-state index contributed by atoms with van der Waals surface area (Å²) in [6.45, 7) is 2.42. The lowest BCUT2D eigenvalue weighted by Gasteiger charge is -2.23. The Morgan fingerprint density at radius 3 is 3.22 bits per heavy atom. The number of fused-ring (bicyclic) bond motifs is 1. The molecule has 0 spiro atoms. The van der Waals surface area contributed by atoms with E-state index in [1.807, 2.05) is 18.2 Å². The van der Waals surface area contributed by atoms with Crippen molar-refractivity contribution >= 4 is 11.6 Å². The molecule has 1 atom stereocenters. The van der Waals surface area contributed by atoms with Gasteiger partial charge in [-0.25, -0.2) is 0 Å². The number of anilines is 1. The maximum Gasteiger partial charge on any atom is 0.251 e. The van der Waals surface area contributed by atoms with E-state index in [0.29, 0.717) is 6.61 Å². The average molecular weight is 246 g/mol. The summed E-state index contributed by atoms with van der Waals surface area (Å²) in [6, 6.07) is 6.06. The molecule has 2 heterocycles. The van der Waals surface area contributed by atoms with Gasteiger partial charge < -0.3 is 15.4 Å². The lowest BCUT2D eigenvalue weighted by atomic mass is 10.1. The van der Waals surface area contributed by atoms with Crippen LogP contribution in [0.5, 0.6) is 0 Å². The fraction of sp³-hybridized carbons (Fsp3) is 0.500. The first-order valence-corrected chi connectivity index (χ1v) is 6.58. The number of ether oxygens (including phenoxy) is 1. The van der Waals surface area contributed by atoms with E-state index in [9.17, 15) is 4.79 Å². The number of benzene rings is 1. The molecule has 2 aliphatic rings. The van der Waals surface area contributed by atoms with Crippen LogP contribution in [-0.2, 0) is 11.2 Å². The standard InChI is InChI=1S/C14H18N2O2/c17-14(16-12-2-1-7-18-9-12)11-4-3-10-5-6-15-13(10)8-11/h3-4,8,12,15H,1-2,5-7,9H2,(H,16,17). The Balaban J connectivity index is 1.68. The molecule has 4 nitrogen and oxygen atoms in total. The van der Waals surface area contributed by atoms with Crippen LogP contribution in [0.15, 0.2) is 18.2 Å². The van der Waals surface area contributed by atoms with Crippen LogP contribution in [0.1, 0.15) is 28.8 Å². The number of nitrogens with one attached hydrogen (secondary N) is 2. The van der Waals surface area contributed by atoms with Crippen LogP contribution in [0.4, 0.5) is 5.69 Å². The van der Waals surface area contributed by atoms with E-state index in [0.717, 1.165) is 43.7 Å². The molecule has 96 valence electrons. The molecule has 0 bridgehead atoms.